The third-order valence-corrected chi connectivity index (χ3v) is 3.98. The van der Waals surface area contributed by atoms with Crippen molar-refractivity contribution in [2.45, 2.75) is 6.18 Å². The fraction of sp³-hybridized carbons (Fsp3) is 0.118. The minimum atomic E-state index is -4.50. The van der Waals surface area contributed by atoms with Crippen LogP contribution in [-0.2, 0) is 13.2 Å². The van der Waals surface area contributed by atoms with Crippen LogP contribution >= 0.6 is 0 Å². The van der Waals surface area contributed by atoms with Crippen molar-refractivity contribution >= 4 is 17.0 Å². The maximum absolute atomic E-state index is 12.7. The van der Waals surface area contributed by atoms with Gasteiger partial charge in [0.2, 0.25) is 5.95 Å². The Balaban J connectivity index is 1.62. The number of pyridine rings is 1. The SMILES string of the molecule is Cn1c(N)nc2cc(Oc3ccnc(-c4ncc(C(F)(F)F)[nH]4)c3)ccc21. The number of nitrogens with two attached hydrogens (primary N) is 1. The number of anilines is 1. The van der Waals surface area contributed by atoms with Gasteiger partial charge in [0, 0.05) is 25.4 Å². The summed E-state index contributed by atoms with van der Waals surface area (Å²) in [5.74, 6) is 1.29. The van der Waals surface area contributed by atoms with E-state index in [1.54, 1.807) is 29.8 Å². The van der Waals surface area contributed by atoms with Crippen LogP contribution in [-0.4, -0.2) is 24.5 Å². The first-order chi connectivity index (χ1) is 12.8. The Bertz CT molecular complexity index is 1130. The summed E-state index contributed by atoms with van der Waals surface area (Å²) in [6.45, 7) is 0. The molecule has 4 aromatic rings. The fourth-order valence-electron chi connectivity index (χ4n) is 2.60. The molecule has 0 bridgehead atoms. The summed E-state index contributed by atoms with van der Waals surface area (Å²) in [6.07, 6.45) is -2.35. The number of imidazole rings is 2. The molecule has 10 heteroatoms. The molecule has 3 aromatic heterocycles. The molecule has 4 rings (SSSR count). The lowest BCUT2D eigenvalue weighted by molar-refractivity contribution is -0.140. The van der Waals surface area contributed by atoms with Gasteiger partial charge in [-0.1, -0.05) is 0 Å². The smallest absolute Gasteiger partial charge is 0.432 e. The quantitative estimate of drug-likeness (QED) is 0.569. The van der Waals surface area contributed by atoms with Gasteiger partial charge >= 0.3 is 6.18 Å². The van der Waals surface area contributed by atoms with Gasteiger partial charge in [-0.2, -0.15) is 13.2 Å². The molecule has 0 saturated heterocycles. The molecule has 0 unspecified atom stereocenters. The Hall–Kier alpha value is -3.56. The third-order valence-electron chi connectivity index (χ3n) is 3.98. The van der Waals surface area contributed by atoms with Crippen molar-refractivity contribution in [2.75, 3.05) is 5.73 Å². The zero-order chi connectivity index (χ0) is 19.2. The first kappa shape index (κ1) is 16.9. The molecule has 7 nitrogen and oxygen atoms in total. The van der Waals surface area contributed by atoms with Gasteiger partial charge in [0.1, 0.15) is 22.9 Å². The maximum atomic E-state index is 12.7. The molecule has 0 radical (unpaired) electrons. The van der Waals surface area contributed by atoms with E-state index in [9.17, 15) is 13.2 Å². The Kier molecular flexibility index (Phi) is 3.76. The number of nitrogens with one attached hydrogen (secondary N) is 1. The van der Waals surface area contributed by atoms with Gasteiger partial charge in [-0.3, -0.25) is 4.98 Å². The Morgan fingerprint density at radius 1 is 1.11 bits per heavy atom. The monoisotopic (exact) mass is 374 g/mol. The van der Waals surface area contributed by atoms with Crippen LogP contribution in [0.5, 0.6) is 11.5 Å². The molecule has 0 aliphatic heterocycles. The minimum absolute atomic E-state index is 0.000673. The van der Waals surface area contributed by atoms with Crippen LogP contribution in [0.3, 0.4) is 0 Å². The number of halogens is 3. The van der Waals surface area contributed by atoms with E-state index in [0.717, 1.165) is 11.7 Å². The van der Waals surface area contributed by atoms with Crippen molar-refractivity contribution in [3.63, 3.8) is 0 Å². The van der Waals surface area contributed by atoms with E-state index in [0.29, 0.717) is 23.0 Å². The zero-order valence-corrected chi connectivity index (χ0v) is 13.9. The van der Waals surface area contributed by atoms with Gasteiger partial charge in [-0.05, 0) is 18.2 Å². The molecule has 0 saturated carbocycles. The van der Waals surface area contributed by atoms with E-state index < -0.39 is 11.9 Å². The number of H-pyrrole nitrogens is 1. The number of hydrogen-bond donors (Lipinski definition) is 2. The highest BCUT2D eigenvalue weighted by Gasteiger charge is 2.33. The Morgan fingerprint density at radius 3 is 2.63 bits per heavy atom. The number of fused-ring (bicyclic) bond motifs is 1. The van der Waals surface area contributed by atoms with Crippen LogP contribution in [0.4, 0.5) is 19.1 Å². The van der Waals surface area contributed by atoms with E-state index in [-0.39, 0.29) is 11.5 Å². The second kappa shape index (κ2) is 6.01. The van der Waals surface area contributed by atoms with E-state index in [4.69, 9.17) is 10.5 Å². The lowest BCUT2D eigenvalue weighted by Crippen LogP contribution is -2.04. The summed E-state index contributed by atoms with van der Waals surface area (Å²) in [7, 11) is 1.80. The average Bonchev–Trinajstić information content (AvgIpc) is 3.21. The lowest BCUT2D eigenvalue weighted by Gasteiger charge is -2.07. The molecule has 1 aromatic carbocycles. The molecule has 0 aliphatic rings. The summed E-state index contributed by atoms with van der Waals surface area (Å²) in [5.41, 5.74) is 6.59. The fourth-order valence-corrected chi connectivity index (χ4v) is 2.60. The second-order valence-corrected chi connectivity index (χ2v) is 5.80. The number of nitrogen functional groups attached to an aromatic ring is 1. The third kappa shape index (κ3) is 3.16. The number of hydrogen-bond acceptors (Lipinski definition) is 5. The molecule has 3 heterocycles. The summed E-state index contributed by atoms with van der Waals surface area (Å²) in [6, 6.07) is 8.38. The van der Waals surface area contributed by atoms with E-state index in [1.807, 2.05) is 6.07 Å². The number of nitrogens with zero attached hydrogens (tertiary/aromatic N) is 4. The standard InChI is InChI=1S/C17H13F3N6O/c1-26-13-3-2-9(6-11(13)24-16(26)21)27-10-4-5-22-12(7-10)15-23-8-14(25-15)17(18,19)20/h2-8H,1H3,(H2,21,24)(H,23,25). The lowest BCUT2D eigenvalue weighted by atomic mass is 10.3. The van der Waals surface area contributed by atoms with Gasteiger partial charge in [-0.25, -0.2) is 9.97 Å². The molecular weight excluding hydrogens is 361 g/mol. The Labute approximate surface area is 150 Å². The normalized spacial score (nSPS) is 11.9. The highest BCUT2D eigenvalue weighted by Crippen LogP contribution is 2.31. The maximum Gasteiger partial charge on any atom is 0.432 e. The highest BCUT2D eigenvalue weighted by molar-refractivity contribution is 5.79. The zero-order valence-electron chi connectivity index (χ0n) is 13.9. The predicted molar refractivity (Wildman–Crippen MR) is 92.0 cm³/mol. The molecule has 138 valence electrons. The number of aromatic nitrogens is 5. The van der Waals surface area contributed by atoms with Crippen LogP contribution in [0.25, 0.3) is 22.6 Å². The van der Waals surface area contributed by atoms with Crippen LogP contribution in [0.2, 0.25) is 0 Å². The van der Waals surface area contributed by atoms with Gasteiger partial charge in [0.05, 0.1) is 17.2 Å². The number of alkyl halides is 3. The minimum Gasteiger partial charge on any atom is -0.457 e. The molecule has 0 fully saturated rings. The van der Waals surface area contributed by atoms with Crippen molar-refractivity contribution in [1.29, 1.82) is 0 Å². The molecule has 0 amide bonds. The molecule has 0 aliphatic carbocycles. The van der Waals surface area contributed by atoms with Crippen LogP contribution in [0.1, 0.15) is 5.69 Å². The number of aromatic amines is 1. The van der Waals surface area contributed by atoms with Crippen LogP contribution in [0, 0.1) is 0 Å². The average molecular weight is 374 g/mol. The van der Waals surface area contributed by atoms with Crippen LogP contribution < -0.4 is 10.5 Å². The van der Waals surface area contributed by atoms with E-state index >= 15 is 0 Å². The number of aryl methyl sites for hydroxylation is 1. The molecule has 3 N–H and O–H groups in total. The van der Waals surface area contributed by atoms with Gasteiger partial charge in [-0.15, -0.1) is 0 Å². The molecular formula is C17H13F3N6O. The molecule has 0 spiro atoms. The molecule has 0 atom stereocenters. The van der Waals surface area contributed by atoms with Crippen molar-refractivity contribution in [3.05, 3.63) is 48.4 Å². The van der Waals surface area contributed by atoms with Gasteiger partial charge < -0.3 is 20.0 Å². The number of benzene rings is 1. The van der Waals surface area contributed by atoms with Crippen LogP contribution in [0.15, 0.2) is 42.7 Å². The summed E-state index contributed by atoms with van der Waals surface area (Å²) < 4.78 is 45.7. The second-order valence-electron chi connectivity index (χ2n) is 5.80. The topological polar surface area (TPSA) is 94.6 Å². The van der Waals surface area contributed by atoms with Gasteiger partial charge in [0.25, 0.3) is 0 Å². The molecule has 27 heavy (non-hydrogen) atoms. The predicted octanol–water partition coefficient (Wildman–Crippen LogP) is 3.75. The summed E-state index contributed by atoms with van der Waals surface area (Å²) in [5, 5.41) is 0. The largest absolute Gasteiger partial charge is 0.457 e. The number of ether oxygens (including phenoxy) is 1. The highest BCUT2D eigenvalue weighted by atomic mass is 19.4. The van der Waals surface area contributed by atoms with Crippen molar-refractivity contribution in [1.82, 2.24) is 24.5 Å². The first-order valence-electron chi connectivity index (χ1n) is 7.80. The van der Waals surface area contributed by atoms with Crippen molar-refractivity contribution in [3.8, 4) is 23.0 Å². The summed E-state index contributed by atoms with van der Waals surface area (Å²) in [4.78, 5) is 14.2. The summed E-state index contributed by atoms with van der Waals surface area (Å²) >= 11 is 0. The number of rotatable bonds is 3. The first-order valence-corrected chi connectivity index (χ1v) is 7.80. The van der Waals surface area contributed by atoms with Crippen molar-refractivity contribution < 1.29 is 17.9 Å². The van der Waals surface area contributed by atoms with Gasteiger partial charge in [0.15, 0.2) is 5.82 Å². The van der Waals surface area contributed by atoms with E-state index in [2.05, 4.69) is 19.9 Å². The van der Waals surface area contributed by atoms with Crippen molar-refractivity contribution in [2.24, 2.45) is 7.05 Å². The van der Waals surface area contributed by atoms with E-state index in [1.165, 1.54) is 12.3 Å². The Morgan fingerprint density at radius 2 is 1.89 bits per heavy atom.